The molecule has 5 nitrogen and oxygen atoms in total. The van der Waals surface area contributed by atoms with Crippen LogP contribution in [0, 0.1) is 3.57 Å². The summed E-state index contributed by atoms with van der Waals surface area (Å²) in [4.78, 5) is 12.6. The minimum Gasteiger partial charge on any atom is -0.322 e. The van der Waals surface area contributed by atoms with Gasteiger partial charge in [-0.25, -0.2) is 13.1 Å². The van der Waals surface area contributed by atoms with Crippen LogP contribution in [0.25, 0.3) is 0 Å². The highest BCUT2D eigenvalue weighted by Crippen LogP contribution is 2.21. The van der Waals surface area contributed by atoms with Crippen LogP contribution in [0.3, 0.4) is 0 Å². The Morgan fingerprint density at radius 1 is 0.962 bits per heavy atom. The normalized spacial score (nSPS) is 15.6. The highest BCUT2D eigenvalue weighted by atomic mass is 127. The number of hydrogen-bond acceptors (Lipinski definition) is 3. The largest absolute Gasteiger partial charge is 0.322 e. The van der Waals surface area contributed by atoms with E-state index in [1.807, 2.05) is 18.2 Å². The van der Waals surface area contributed by atoms with Crippen molar-refractivity contribution in [2.45, 2.75) is 43.0 Å². The van der Waals surface area contributed by atoms with Gasteiger partial charge in [0.1, 0.15) is 0 Å². The lowest BCUT2D eigenvalue weighted by Crippen LogP contribution is -2.36. The number of anilines is 1. The van der Waals surface area contributed by atoms with Gasteiger partial charge in [-0.15, -0.1) is 0 Å². The van der Waals surface area contributed by atoms with Gasteiger partial charge in [0, 0.05) is 15.3 Å². The molecule has 3 rings (SSSR count). The molecule has 7 heteroatoms. The summed E-state index contributed by atoms with van der Waals surface area (Å²) in [6.07, 6.45) is 5.09. The van der Waals surface area contributed by atoms with E-state index in [0.717, 1.165) is 29.3 Å². The first kappa shape index (κ1) is 19.3. The second kappa shape index (κ2) is 8.49. The van der Waals surface area contributed by atoms with Crippen molar-refractivity contribution in [3.63, 3.8) is 0 Å². The molecule has 0 radical (unpaired) electrons. The average molecular weight is 484 g/mol. The molecule has 1 fully saturated rings. The van der Waals surface area contributed by atoms with Crippen molar-refractivity contribution in [2.24, 2.45) is 0 Å². The fraction of sp³-hybridized carbons (Fsp3) is 0.316. The molecule has 0 aromatic heterocycles. The zero-order valence-corrected chi connectivity index (χ0v) is 17.2. The quantitative estimate of drug-likeness (QED) is 0.627. The minimum atomic E-state index is -3.53. The van der Waals surface area contributed by atoms with E-state index in [1.54, 1.807) is 18.2 Å². The van der Waals surface area contributed by atoms with Gasteiger partial charge >= 0.3 is 0 Å². The molecule has 0 bridgehead atoms. The van der Waals surface area contributed by atoms with Crippen molar-refractivity contribution in [2.75, 3.05) is 5.32 Å². The molecule has 0 spiro atoms. The van der Waals surface area contributed by atoms with Crippen LogP contribution in [0.2, 0.25) is 0 Å². The molecular formula is C19H21IN2O3S. The molecule has 2 aromatic rings. The molecule has 0 saturated heterocycles. The Balaban J connectivity index is 1.68. The third-order valence-corrected chi connectivity index (χ3v) is 6.95. The molecule has 1 aliphatic carbocycles. The van der Waals surface area contributed by atoms with Crippen LogP contribution in [0.5, 0.6) is 0 Å². The van der Waals surface area contributed by atoms with Gasteiger partial charge in [0.2, 0.25) is 10.0 Å². The second-order valence-electron chi connectivity index (χ2n) is 6.41. The number of carbonyl (C=O) groups is 1. The van der Waals surface area contributed by atoms with Crippen LogP contribution in [0.1, 0.15) is 42.5 Å². The molecule has 138 valence electrons. The first-order valence-corrected chi connectivity index (χ1v) is 11.2. The lowest BCUT2D eigenvalue weighted by Gasteiger charge is -2.22. The number of benzene rings is 2. The van der Waals surface area contributed by atoms with Crippen LogP contribution < -0.4 is 10.0 Å². The first-order chi connectivity index (χ1) is 12.5. The summed E-state index contributed by atoms with van der Waals surface area (Å²) < 4.78 is 28.6. The number of sulfonamides is 1. The van der Waals surface area contributed by atoms with Gasteiger partial charge in [0.25, 0.3) is 5.91 Å². The summed E-state index contributed by atoms with van der Waals surface area (Å²) in [5, 5.41) is 2.80. The predicted molar refractivity (Wildman–Crippen MR) is 111 cm³/mol. The molecule has 0 heterocycles. The van der Waals surface area contributed by atoms with Crippen LogP contribution in [0.15, 0.2) is 53.4 Å². The average Bonchev–Trinajstić information content (AvgIpc) is 2.63. The van der Waals surface area contributed by atoms with E-state index in [1.165, 1.54) is 18.6 Å². The van der Waals surface area contributed by atoms with E-state index in [2.05, 4.69) is 32.6 Å². The van der Waals surface area contributed by atoms with E-state index < -0.39 is 10.0 Å². The van der Waals surface area contributed by atoms with Crippen molar-refractivity contribution in [3.8, 4) is 0 Å². The number of hydrogen-bond donors (Lipinski definition) is 2. The maximum Gasteiger partial charge on any atom is 0.256 e. The molecule has 2 N–H and O–H groups in total. The molecule has 0 aliphatic heterocycles. The monoisotopic (exact) mass is 484 g/mol. The highest BCUT2D eigenvalue weighted by molar-refractivity contribution is 14.1. The zero-order valence-electron chi connectivity index (χ0n) is 14.2. The Kier molecular flexibility index (Phi) is 6.31. The Bertz CT molecular complexity index is 876. The molecular weight excluding hydrogens is 463 g/mol. The van der Waals surface area contributed by atoms with Crippen molar-refractivity contribution in [1.82, 2.24) is 4.72 Å². The number of nitrogens with one attached hydrogen (secondary N) is 2. The van der Waals surface area contributed by atoms with Gasteiger partial charge in [0.15, 0.2) is 0 Å². The third-order valence-electron chi connectivity index (χ3n) is 4.47. The minimum absolute atomic E-state index is 0.0216. The second-order valence-corrected chi connectivity index (χ2v) is 9.29. The summed E-state index contributed by atoms with van der Waals surface area (Å²) in [6.45, 7) is 0. The van der Waals surface area contributed by atoms with E-state index in [0.29, 0.717) is 11.3 Å². The summed E-state index contributed by atoms with van der Waals surface area (Å²) in [5.74, 6) is -0.217. The molecule has 1 saturated carbocycles. The van der Waals surface area contributed by atoms with Crippen molar-refractivity contribution in [1.29, 1.82) is 0 Å². The van der Waals surface area contributed by atoms with Crippen molar-refractivity contribution in [3.05, 3.63) is 57.7 Å². The molecule has 0 atom stereocenters. The van der Waals surface area contributed by atoms with E-state index >= 15 is 0 Å². The topological polar surface area (TPSA) is 75.3 Å². The fourth-order valence-electron chi connectivity index (χ4n) is 3.07. The van der Waals surface area contributed by atoms with Crippen LogP contribution in [-0.4, -0.2) is 20.4 Å². The number of carbonyl (C=O) groups excluding carboxylic acids is 1. The maximum atomic E-state index is 12.5. The Morgan fingerprint density at radius 3 is 2.27 bits per heavy atom. The lowest BCUT2D eigenvalue weighted by atomic mass is 9.96. The fourth-order valence-corrected chi connectivity index (χ4v) is 5.01. The van der Waals surface area contributed by atoms with Crippen molar-refractivity contribution >= 4 is 44.2 Å². The number of amides is 1. The first-order valence-electron chi connectivity index (χ1n) is 8.64. The van der Waals surface area contributed by atoms with Crippen LogP contribution in [0.4, 0.5) is 5.69 Å². The van der Waals surface area contributed by atoms with Gasteiger partial charge in [-0.3, -0.25) is 4.79 Å². The van der Waals surface area contributed by atoms with Crippen LogP contribution >= 0.6 is 22.6 Å². The highest BCUT2D eigenvalue weighted by Gasteiger charge is 2.21. The molecule has 0 unspecified atom stereocenters. The van der Waals surface area contributed by atoms with Gasteiger partial charge in [-0.05, 0) is 71.8 Å². The molecule has 1 amide bonds. The SMILES string of the molecule is O=C(Nc1ccc(S(=O)(=O)NC2CCCCC2)cc1)c1ccccc1I. The molecule has 2 aromatic carbocycles. The number of halogens is 1. The van der Waals surface area contributed by atoms with E-state index in [9.17, 15) is 13.2 Å². The summed E-state index contributed by atoms with van der Waals surface area (Å²) in [7, 11) is -3.53. The Labute approximate surface area is 167 Å². The van der Waals surface area contributed by atoms with E-state index in [4.69, 9.17) is 0 Å². The third kappa shape index (κ3) is 4.83. The van der Waals surface area contributed by atoms with Gasteiger partial charge in [-0.1, -0.05) is 31.4 Å². The Morgan fingerprint density at radius 2 is 1.62 bits per heavy atom. The predicted octanol–water partition coefficient (Wildman–Crippen LogP) is 4.15. The molecule has 26 heavy (non-hydrogen) atoms. The zero-order chi connectivity index (χ0) is 18.6. The van der Waals surface area contributed by atoms with Gasteiger partial charge in [0.05, 0.1) is 10.5 Å². The maximum absolute atomic E-state index is 12.5. The smallest absolute Gasteiger partial charge is 0.256 e. The van der Waals surface area contributed by atoms with Crippen molar-refractivity contribution < 1.29 is 13.2 Å². The molecule has 1 aliphatic rings. The van der Waals surface area contributed by atoms with E-state index in [-0.39, 0.29) is 16.8 Å². The summed E-state index contributed by atoms with van der Waals surface area (Å²) >= 11 is 2.11. The Hall–Kier alpha value is -1.45. The lowest BCUT2D eigenvalue weighted by molar-refractivity contribution is 0.102. The summed E-state index contributed by atoms with van der Waals surface area (Å²) in [6, 6.07) is 13.6. The van der Waals surface area contributed by atoms with Crippen LogP contribution in [-0.2, 0) is 10.0 Å². The standard InChI is InChI=1S/C19H21IN2O3S/c20-18-9-5-4-8-17(18)19(23)21-14-10-12-16(13-11-14)26(24,25)22-15-6-2-1-3-7-15/h4-5,8-13,15,22H,1-3,6-7H2,(H,21,23). The van der Waals surface area contributed by atoms with Gasteiger partial charge in [-0.2, -0.15) is 0 Å². The van der Waals surface area contributed by atoms with Gasteiger partial charge < -0.3 is 5.32 Å². The summed E-state index contributed by atoms with van der Waals surface area (Å²) in [5.41, 5.74) is 1.15. The number of rotatable bonds is 5.